The zero-order valence-electron chi connectivity index (χ0n) is 19.5. The van der Waals surface area contributed by atoms with E-state index in [0.29, 0.717) is 32.8 Å². The van der Waals surface area contributed by atoms with Crippen molar-refractivity contribution in [3.63, 3.8) is 0 Å². The van der Waals surface area contributed by atoms with Crippen LogP contribution < -0.4 is 5.46 Å². The lowest BCUT2D eigenvalue weighted by Crippen LogP contribution is -2.41. The molecule has 0 atom stereocenters. The maximum Gasteiger partial charge on any atom is 0.497 e. The van der Waals surface area contributed by atoms with Gasteiger partial charge in [-0.05, 0) is 27.7 Å². The van der Waals surface area contributed by atoms with Gasteiger partial charge < -0.3 is 14.0 Å². The number of morpholine rings is 1. The van der Waals surface area contributed by atoms with Crippen molar-refractivity contribution in [2.45, 2.75) is 51.6 Å². The van der Waals surface area contributed by atoms with Crippen molar-refractivity contribution in [3.05, 3.63) is 35.7 Å². The smallest absolute Gasteiger partial charge is 0.399 e. The number of hydrogen-bond donors (Lipinski definition) is 0. The van der Waals surface area contributed by atoms with E-state index in [1.165, 1.54) is 6.07 Å². The second-order valence-electron chi connectivity index (χ2n) is 9.50. The molecule has 0 saturated carbocycles. The SMILES string of the molecule is CC1(C)OB(c2ccc(-c3cnn(CCN4CCOCC4)c3C(F)(F)F)c(F)c2F)OC1(C)C. The van der Waals surface area contributed by atoms with Gasteiger partial charge in [-0.1, -0.05) is 12.1 Å². The summed E-state index contributed by atoms with van der Waals surface area (Å²) in [5.41, 5.74) is -3.96. The van der Waals surface area contributed by atoms with E-state index in [9.17, 15) is 13.2 Å². The number of rotatable bonds is 5. The summed E-state index contributed by atoms with van der Waals surface area (Å²) in [6.07, 6.45) is -3.89. The lowest BCUT2D eigenvalue weighted by molar-refractivity contribution is -0.143. The molecular formula is C22H27BF5N3O3. The van der Waals surface area contributed by atoms with Crippen LogP contribution in [0.3, 0.4) is 0 Å². The zero-order valence-corrected chi connectivity index (χ0v) is 19.5. The Bertz CT molecular complexity index is 1040. The Labute approximate surface area is 195 Å². The van der Waals surface area contributed by atoms with E-state index in [-0.39, 0.29) is 12.0 Å². The van der Waals surface area contributed by atoms with Gasteiger partial charge in [0.15, 0.2) is 17.3 Å². The third kappa shape index (κ3) is 4.60. The molecule has 2 fully saturated rings. The number of ether oxygens (including phenoxy) is 1. The van der Waals surface area contributed by atoms with Gasteiger partial charge in [0.2, 0.25) is 0 Å². The molecule has 1 aromatic carbocycles. The van der Waals surface area contributed by atoms with E-state index < -0.39 is 53.0 Å². The predicted octanol–water partition coefficient (Wildman–Crippen LogP) is 3.48. The van der Waals surface area contributed by atoms with Crippen LogP contribution in [0.1, 0.15) is 33.4 Å². The van der Waals surface area contributed by atoms with E-state index in [2.05, 4.69) is 5.10 Å². The molecule has 4 rings (SSSR count). The average Bonchev–Trinajstić information content (AvgIpc) is 3.27. The van der Waals surface area contributed by atoms with Crippen molar-refractivity contribution in [1.29, 1.82) is 0 Å². The summed E-state index contributed by atoms with van der Waals surface area (Å²) < 4.78 is 89.7. The Balaban J connectivity index is 1.65. The molecule has 0 amide bonds. The molecule has 0 spiro atoms. The fraction of sp³-hybridized carbons (Fsp3) is 0.591. The normalized spacial score (nSPS) is 20.8. The van der Waals surface area contributed by atoms with Gasteiger partial charge in [-0.3, -0.25) is 9.58 Å². The molecule has 34 heavy (non-hydrogen) atoms. The maximum absolute atomic E-state index is 15.1. The molecule has 6 nitrogen and oxygen atoms in total. The Hall–Kier alpha value is -2.02. The van der Waals surface area contributed by atoms with Crippen LogP contribution in [0.4, 0.5) is 22.0 Å². The lowest BCUT2D eigenvalue weighted by Gasteiger charge is -2.32. The summed E-state index contributed by atoms with van der Waals surface area (Å²) in [5.74, 6) is -2.73. The molecule has 12 heteroatoms. The van der Waals surface area contributed by atoms with Crippen molar-refractivity contribution in [1.82, 2.24) is 14.7 Å². The monoisotopic (exact) mass is 487 g/mol. The maximum atomic E-state index is 15.1. The quantitative estimate of drug-likeness (QED) is 0.478. The van der Waals surface area contributed by atoms with E-state index >= 15 is 8.78 Å². The molecule has 2 aromatic rings. The van der Waals surface area contributed by atoms with Crippen LogP contribution in [-0.4, -0.2) is 65.8 Å². The Morgan fingerprint density at radius 2 is 1.56 bits per heavy atom. The summed E-state index contributed by atoms with van der Waals surface area (Å²) in [6, 6.07) is 2.30. The van der Waals surface area contributed by atoms with Crippen LogP contribution in [0, 0.1) is 11.6 Å². The van der Waals surface area contributed by atoms with Crippen molar-refractivity contribution < 1.29 is 36.0 Å². The lowest BCUT2D eigenvalue weighted by atomic mass is 9.78. The number of halogens is 5. The highest BCUT2D eigenvalue weighted by atomic mass is 19.4. The molecule has 186 valence electrons. The van der Waals surface area contributed by atoms with Gasteiger partial charge in [-0.2, -0.15) is 18.3 Å². The average molecular weight is 487 g/mol. The Morgan fingerprint density at radius 3 is 2.15 bits per heavy atom. The van der Waals surface area contributed by atoms with Crippen LogP contribution in [-0.2, 0) is 26.8 Å². The standard InChI is InChI=1S/C22H27BF5N3O3/c1-20(2)21(3,4)34-23(33-20)16-6-5-14(17(24)18(16)25)15-13-29-31(19(15)22(26,27)28)8-7-30-9-11-32-12-10-30/h5-6,13H,7-12H2,1-4H3. The minimum atomic E-state index is -4.82. The van der Waals surface area contributed by atoms with E-state index in [4.69, 9.17) is 14.0 Å². The molecule has 2 aliphatic rings. The molecule has 0 bridgehead atoms. The molecule has 0 N–H and O–H groups in total. The highest BCUT2D eigenvalue weighted by Crippen LogP contribution is 2.40. The van der Waals surface area contributed by atoms with Crippen LogP contribution in [0.2, 0.25) is 0 Å². The number of alkyl halides is 3. The minimum absolute atomic E-state index is 0.0506. The first kappa shape index (κ1) is 25.1. The molecule has 2 saturated heterocycles. The van der Waals surface area contributed by atoms with Crippen LogP contribution in [0.25, 0.3) is 11.1 Å². The largest absolute Gasteiger partial charge is 0.497 e. The molecule has 3 heterocycles. The van der Waals surface area contributed by atoms with Crippen LogP contribution in [0.5, 0.6) is 0 Å². The number of aromatic nitrogens is 2. The van der Waals surface area contributed by atoms with Crippen LogP contribution >= 0.6 is 0 Å². The van der Waals surface area contributed by atoms with Crippen molar-refractivity contribution >= 4 is 12.6 Å². The number of hydrogen-bond acceptors (Lipinski definition) is 5. The molecule has 2 aliphatic heterocycles. The summed E-state index contributed by atoms with van der Waals surface area (Å²) in [5, 5.41) is 3.85. The first-order chi connectivity index (χ1) is 15.8. The predicted molar refractivity (Wildman–Crippen MR) is 116 cm³/mol. The molecule has 0 aliphatic carbocycles. The summed E-state index contributed by atoms with van der Waals surface area (Å²) in [7, 11) is -1.19. The van der Waals surface area contributed by atoms with E-state index in [1.54, 1.807) is 27.7 Å². The van der Waals surface area contributed by atoms with Gasteiger partial charge in [0.1, 0.15) is 0 Å². The molecule has 0 radical (unpaired) electrons. The minimum Gasteiger partial charge on any atom is -0.399 e. The summed E-state index contributed by atoms with van der Waals surface area (Å²) >= 11 is 0. The first-order valence-corrected chi connectivity index (χ1v) is 11.1. The van der Waals surface area contributed by atoms with Gasteiger partial charge >= 0.3 is 13.3 Å². The van der Waals surface area contributed by atoms with Crippen molar-refractivity contribution in [2.75, 3.05) is 32.8 Å². The third-order valence-electron chi connectivity index (χ3n) is 6.75. The molecule has 1 aromatic heterocycles. The first-order valence-electron chi connectivity index (χ1n) is 11.1. The van der Waals surface area contributed by atoms with Gasteiger partial charge in [0.25, 0.3) is 0 Å². The highest BCUT2D eigenvalue weighted by molar-refractivity contribution is 6.62. The van der Waals surface area contributed by atoms with Gasteiger partial charge in [0, 0.05) is 36.2 Å². The fourth-order valence-corrected chi connectivity index (χ4v) is 4.04. The van der Waals surface area contributed by atoms with Crippen molar-refractivity contribution in [3.8, 4) is 11.1 Å². The fourth-order valence-electron chi connectivity index (χ4n) is 4.04. The second-order valence-corrected chi connectivity index (χ2v) is 9.50. The second kappa shape index (κ2) is 8.89. The van der Waals surface area contributed by atoms with Crippen molar-refractivity contribution in [2.24, 2.45) is 0 Å². The summed E-state index contributed by atoms with van der Waals surface area (Å²) in [6.45, 7) is 9.55. The third-order valence-corrected chi connectivity index (χ3v) is 6.75. The highest BCUT2D eigenvalue weighted by Gasteiger charge is 2.52. The van der Waals surface area contributed by atoms with Gasteiger partial charge in [-0.25, -0.2) is 8.78 Å². The van der Waals surface area contributed by atoms with E-state index in [0.717, 1.165) is 16.9 Å². The topological polar surface area (TPSA) is 48.8 Å². The van der Waals surface area contributed by atoms with E-state index in [1.807, 2.05) is 4.90 Å². The Kier molecular flexibility index (Phi) is 6.56. The van der Waals surface area contributed by atoms with Gasteiger partial charge in [0.05, 0.1) is 37.2 Å². The van der Waals surface area contributed by atoms with Crippen LogP contribution in [0.15, 0.2) is 18.3 Å². The zero-order chi connectivity index (χ0) is 24.9. The molecular weight excluding hydrogens is 460 g/mol. The summed E-state index contributed by atoms with van der Waals surface area (Å²) in [4.78, 5) is 1.96. The number of benzene rings is 1. The Morgan fingerprint density at radius 1 is 0.941 bits per heavy atom. The molecule has 0 unspecified atom stereocenters. The number of nitrogens with zero attached hydrogens (tertiary/aromatic N) is 3. The van der Waals surface area contributed by atoms with Gasteiger partial charge in [-0.15, -0.1) is 0 Å².